The van der Waals surface area contributed by atoms with Crippen molar-refractivity contribution in [2.75, 3.05) is 24.6 Å². The Labute approximate surface area is 176 Å². The Hall–Kier alpha value is -1.93. The van der Waals surface area contributed by atoms with Gasteiger partial charge in [-0.1, -0.05) is 6.42 Å². The van der Waals surface area contributed by atoms with E-state index in [1.165, 1.54) is 24.9 Å². The second kappa shape index (κ2) is 12.6. The maximum absolute atomic E-state index is 12.9. The second-order valence-electron chi connectivity index (χ2n) is 7.32. The number of piperidine rings is 1. The largest absolute Gasteiger partial charge is 0.461 e. The number of thioether (sulfide) groups is 1. The van der Waals surface area contributed by atoms with Crippen LogP contribution in [0.15, 0.2) is 24.5 Å². The monoisotopic (exact) mass is 421 g/mol. The summed E-state index contributed by atoms with van der Waals surface area (Å²) in [5, 5.41) is 6.12. The fraction of sp³-hybridized carbons (Fsp3) is 0.619. The standard InChI is InChI=1S/C21H31N3O4S/c1-15(19-7-3-4-9-24-19)28-20(26)12-18(14-29-11-10-23-16(2)25)21(27)17-6-5-8-22-13-17/h5-6,8,13,15,18-19,24H,3-4,7,9-12,14H2,1-2H3,(H,23,25). The van der Waals surface area contributed by atoms with Gasteiger partial charge in [-0.3, -0.25) is 19.4 Å². The van der Waals surface area contributed by atoms with Gasteiger partial charge in [0, 0.05) is 54.9 Å². The third-order valence-corrected chi connectivity index (χ3v) is 6.03. The van der Waals surface area contributed by atoms with Crippen molar-refractivity contribution in [1.82, 2.24) is 15.6 Å². The Balaban J connectivity index is 1.91. The zero-order valence-corrected chi connectivity index (χ0v) is 18.0. The van der Waals surface area contributed by atoms with E-state index < -0.39 is 5.92 Å². The van der Waals surface area contributed by atoms with Crippen LogP contribution in [0.1, 0.15) is 49.9 Å². The lowest BCUT2D eigenvalue weighted by Crippen LogP contribution is -2.44. The molecule has 1 aliphatic rings. The zero-order valence-electron chi connectivity index (χ0n) is 17.2. The van der Waals surface area contributed by atoms with Crippen molar-refractivity contribution < 1.29 is 19.1 Å². The fourth-order valence-corrected chi connectivity index (χ4v) is 4.28. The van der Waals surface area contributed by atoms with Gasteiger partial charge in [-0.25, -0.2) is 0 Å². The van der Waals surface area contributed by atoms with Crippen molar-refractivity contribution in [3.8, 4) is 0 Å². The SMILES string of the molecule is CC(=O)NCCSCC(CC(=O)OC(C)C1CCCCN1)C(=O)c1cccnc1. The van der Waals surface area contributed by atoms with Gasteiger partial charge in [-0.05, 0) is 38.4 Å². The van der Waals surface area contributed by atoms with Crippen molar-refractivity contribution in [3.05, 3.63) is 30.1 Å². The van der Waals surface area contributed by atoms with E-state index in [-0.39, 0.29) is 36.2 Å². The number of ether oxygens (including phenoxy) is 1. The van der Waals surface area contributed by atoms with Crippen LogP contribution in [0.5, 0.6) is 0 Å². The molecule has 3 unspecified atom stereocenters. The maximum Gasteiger partial charge on any atom is 0.306 e. The van der Waals surface area contributed by atoms with Crippen LogP contribution in [0.3, 0.4) is 0 Å². The lowest BCUT2D eigenvalue weighted by Gasteiger charge is -2.29. The molecule has 1 amide bonds. The van der Waals surface area contributed by atoms with E-state index in [0.29, 0.717) is 23.6 Å². The molecule has 8 heteroatoms. The lowest BCUT2D eigenvalue weighted by atomic mass is 9.97. The van der Waals surface area contributed by atoms with Gasteiger partial charge in [0.05, 0.1) is 6.42 Å². The smallest absolute Gasteiger partial charge is 0.306 e. The minimum absolute atomic E-state index is 0.0396. The van der Waals surface area contributed by atoms with E-state index in [1.807, 2.05) is 6.92 Å². The van der Waals surface area contributed by atoms with Gasteiger partial charge in [0.2, 0.25) is 5.91 Å². The average Bonchev–Trinajstić information content (AvgIpc) is 2.73. The van der Waals surface area contributed by atoms with Crippen LogP contribution in [0, 0.1) is 5.92 Å². The summed E-state index contributed by atoms with van der Waals surface area (Å²) in [6.45, 7) is 4.85. The molecule has 0 spiro atoms. The summed E-state index contributed by atoms with van der Waals surface area (Å²) in [5.74, 6) is 0.134. The third-order valence-electron chi connectivity index (χ3n) is 4.90. The maximum atomic E-state index is 12.9. The normalized spacial score (nSPS) is 18.5. The Morgan fingerprint density at radius 3 is 2.86 bits per heavy atom. The lowest BCUT2D eigenvalue weighted by molar-refractivity contribution is -0.150. The summed E-state index contributed by atoms with van der Waals surface area (Å²) in [5.41, 5.74) is 0.495. The van der Waals surface area contributed by atoms with Crippen molar-refractivity contribution in [1.29, 1.82) is 0 Å². The summed E-state index contributed by atoms with van der Waals surface area (Å²) in [4.78, 5) is 40.4. The van der Waals surface area contributed by atoms with Crippen LogP contribution in [0.25, 0.3) is 0 Å². The molecule has 2 N–H and O–H groups in total. The number of hydrogen-bond acceptors (Lipinski definition) is 7. The molecule has 29 heavy (non-hydrogen) atoms. The van der Waals surface area contributed by atoms with Crippen LogP contribution in [-0.2, 0) is 14.3 Å². The van der Waals surface area contributed by atoms with Crippen LogP contribution in [0.2, 0.25) is 0 Å². The molecule has 0 aromatic carbocycles. The number of aromatic nitrogens is 1. The highest BCUT2D eigenvalue weighted by atomic mass is 32.2. The zero-order chi connectivity index (χ0) is 21.1. The number of ketones is 1. The molecule has 3 atom stereocenters. The van der Waals surface area contributed by atoms with E-state index in [9.17, 15) is 14.4 Å². The quantitative estimate of drug-likeness (QED) is 0.321. The van der Waals surface area contributed by atoms with Gasteiger partial charge >= 0.3 is 5.97 Å². The Bertz CT molecular complexity index is 665. The van der Waals surface area contributed by atoms with Crippen LogP contribution >= 0.6 is 11.8 Å². The highest BCUT2D eigenvalue weighted by Crippen LogP contribution is 2.20. The van der Waals surface area contributed by atoms with E-state index in [2.05, 4.69) is 15.6 Å². The van der Waals surface area contributed by atoms with E-state index in [4.69, 9.17) is 4.74 Å². The predicted octanol–water partition coefficient (Wildman–Crippen LogP) is 2.21. The van der Waals surface area contributed by atoms with E-state index in [1.54, 1.807) is 18.3 Å². The molecule has 0 bridgehead atoms. The summed E-state index contributed by atoms with van der Waals surface area (Å²) < 4.78 is 5.63. The molecular formula is C21H31N3O4S. The number of Topliss-reactive ketones (excluding diaryl/α,β-unsaturated/α-hetero) is 1. The Morgan fingerprint density at radius 2 is 2.21 bits per heavy atom. The molecule has 1 aromatic heterocycles. The number of rotatable bonds is 11. The number of nitrogens with one attached hydrogen (secondary N) is 2. The number of esters is 1. The highest BCUT2D eigenvalue weighted by Gasteiger charge is 2.27. The second-order valence-corrected chi connectivity index (χ2v) is 8.47. The van der Waals surface area contributed by atoms with Crippen LogP contribution < -0.4 is 10.6 Å². The van der Waals surface area contributed by atoms with Crippen molar-refractivity contribution in [3.63, 3.8) is 0 Å². The Kier molecular flexibility index (Phi) is 10.1. The molecule has 2 heterocycles. The van der Waals surface area contributed by atoms with E-state index in [0.717, 1.165) is 25.8 Å². The molecule has 1 fully saturated rings. The minimum atomic E-state index is -0.486. The number of pyridine rings is 1. The summed E-state index contributed by atoms with van der Waals surface area (Å²) in [6.07, 6.45) is 6.23. The predicted molar refractivity (Wildman–Crippen MR) is 114 cm³/mol. The van der Waals surface area contributed by atoms with Gasteiger partial charge in [-0.15, -0.1) is 0 Å². The summed E-state index contributed by atoms with van der Waals surface area (Å²) >= 11 is 1.54. The molecule has 1 aliphatic heterocycles. The molecular weight excluding hydrogens is 390 g/mol. The summed E-state index contributed by atoms with van der Waals surface area (Å²) in [7, 11) is 0. The molecule has 2 rings (SSSR count). The highest BCUT2D eigenvalue weighted by molar-refractivity contribution is 7.99. The average molecular weight is 422 g/mol. The van der Waals surface area contributed by atoms with Gasteiger partial charge in [0.15, 0.2) is 5.78 Å². The first-order valence-corrected chi connectivity index (χ1v) is 11.3. The van der Waals surface area contributed by atoms with Crippen molar-refractivity contribution in [2.24, 2.45) is 5.92 Å². The number of nitrogens with zero attached hydrogens (tertiary/aromatic N) is 1. The molecule has 7 nitrogen and oxygen atoms in total. The van der Waals surface area contributed by atoms with Gasteiger partial charge in [-0.2, -0.15) is 11.8 Å². The van der Waals surface area contributed by atoms with Gasteiger partial charge in [0.25, 0.3) is 0 Å². The molecule has 1 aromatic rings. The first-order valence-electron chi connectivity index (χ1n) is 10.2. The molecule has 1 saturated heterocycles. The van der Waals surface area contributed by atoms with Gasteiger partial charge in [0.1, 0.15) is 6.10 Å². The third kappa shape index (κ3) is 8.53. The van der Waals surface area contributed by atoms with E-state index >= 15 is 0 Å². The van der Waals surface area contributed by atoms with Crippen LogP contribution in [-0.4, -0.2) is 59.4 Å². The first kappa shape index (κ1) is 23.3. The molecule has 160 valence electrons. The molecule has 0 saturated carbocycles. The number of carbonyl (C=O) groups is 3. The van der Waals surface area contributed by atoms with Gasteiger partial charge < -0.3 is 15.4 Å². The van der Waals surface area contributed by atoms with Crippen molar-refractivity contribution >= 4 is 29.4 Å². The fourth-order valence-electron chi connectivity index (χ4n) is 3.31. The number of carbonyl (C=O) groups excluding carboxylic acids is 3. The minimum Gasteiger partial charge on any atom is -0.461 e. The number of amides is 1. The summed E-state index contributed by atoms with van der Waals surface area (Å²) in [6, 6.07) is 3.60. The first-order chi connectivity index (χ1) is 14.0. The molecule has 0 aliphatic carbocycles. The topological polar surface area (TPSA) is 97.4 Å². The number of hydrogen-bond donors (Lipinski definition) is 2. The Morgan fingerprint density at radius 1 is 1.38 bits per heavy atom. The van der Waals surface area contributed by atoms with Crippen molar-refractivity contribution in [2.45, 2.75) is 51.7 Å². The molecule has 0 radical (unpaired) electrons. The van der Waals surface area contributed by atoms with Crippen LogP contribution in [0.4, 0.5) is 0 Å².